The monoisotopic (exact) mass is 270 g/mol. The third-order valence-electron chi connectivity index (χ3n) is 4.45. The Morgan fingerprint density at radius 2 is 2.05 bits per heavy atom. The van der Waals surface area contributed by atoms with Gasteiger partial charge in [0.25, 0.3) is 5.92 Å². The molecule has 104 valence electrons. The predicted molar refractivity (Wildman–Crippen MR) is 65.6 cm³/mol. The normalized spacial score (nSPS) is 33.2. The molecule has 1 heterocycles. The second-order valence-corrected chi connectivity index (χ2v) is 5.69. The van der Waals surface area contributed by atoms with Gasteiger partial charge >= 0.3 is 0 Å². The first kappa shape index (κ1) is 13.0. The number of hydrogen-bond acceptors (Lipinski definition) is 1. The molecule has 0 saturated carbocycles. The van der Waals surface area contributed by atoms with E-state index in [1.54, 1.807) is 6.07 Å². The van der Waals surface area contributed by atoms with Crippen molar-refractivity contribution in [1.29, 1.82) is 0 Å². The Morgan fingerprint density at radius 3 is 2.68 bits per heavy atom. The number of ether oxygens (including phenoxy) is 1. The van der Waals surface area contributed by atoms with Crippen LogP contribution in [0.3, 0.4) is 0 Å². The highest BCUT2D eigenvalue weighted by Crippen LogP contribution is 2.51. The molecule has 1 aromatic carbocycles. The molecule has 3 atom stereocenters. The summed E-state index contributed by atoms with van der Waals surface area (Å²) < 4.78 is 48.1. The zero-order valence-corrected chi connectivity index (χ0v) is 10.8. The summed E-state index contributed by atoms with van der Waals surface area (Å²) in [4.78, 5) is 0. The van der Waals surface area contributed by atoms with E-state index in [0.29, 0.717) is 12.2 Å². The molecule has 1 aliphatic carbocycles. The van der Waals surface area contributed by atoms with Crippen LogP contribution in [0.2, 0.25) is 0 Å². The Balaban J connectivity index is 1.89. The van der Waals surface area contributed by atoms with Crippen molar-refractivity contribution in [2.24, 2.45) is 11.8 Å². The molecule has 1 nitrogen and oxygen atoms in total. The first-order valence-electron chi connectivity index (χ1n) is 6.77. The average Bonchev–Trinajstić information content (AvgIpc) is 2.63. The first-order valence-corrected chi connectivity index (χ1v) is 6.77. The molecule has 1 saturated heterocycles. The van der Waals surface area contributed by atoms with E-state index in [2.05, 4.69) is 0 Å². The van der Waals surface area contributed by atoms with Crippen LogP contribution in [-0.2, 0) is 17.1 Å². The SMILES string of the molecule is CC1CCC(C2Cc3cccc(F)c3C2(F)F)CO1. The zero-order valence-electron chi connectivity index (χ0n) is 10.8. The van der Waals surface area contributed by atoms with Gasteiger partial charge in [0.05, 0.1) is 18.3 Å². The summed E-state index contributed by atoms with van der Waals surface area (Å²) in [5.41, 5.74) is 0.0623. The molecule has 2 aliphatic rings. The van der Waals surface area contributed by atoms with Crippen molar-refractivity contribution in [3.63, 3.8) is 0 Å². The number of alkyl halides is 2. The van der Waals surface area contributed by atoms with Crippen LogP contribution >= 0.6 is 0 Å². The number of halogens is 3. The van der Waals surface area contributed by atoms with Gasteiger partial charge in [-0.3, -0.25) is 0 Å². The molecule has 0 N–H and O–H groups in total. The van der Waals surface area contributed by atoms with Crippen LogP contribution in [0.5, 0.6) is 0 Å². The number of rotatable bonds is 1. The van der Waals surface area contributed by atoms with Crippen molar-refractivity contribution in [3.8, 4) is 0 Å². The highest BCUT2D eigenvalue weighted by molar-refractivity contribution is 5.38. The molecule has 1 aliphatic heterocycles. The van der Waals surface area contributed by atoms with E-state index in [-0.39, 0.29) is 18.4 Å². The molecule has 3 rings (SSSR count). The third kappa shape index (κ3) is 2.06. The molecule has 0 spiro atoms. The third-order valence-corrected chi connectivity index (χ3v) is 4.45. The molecule has 19 heavy (non-hydrogen) atoms. The van der Waals surface area contributed by atoms with Gasteiger partial charge in [0.15, 0.2) is 0 Å². The van der Waals surface area contributed by atoms with Crippen LogP contribution in [0.1, 0.15) is 30.9 Å². The minimum absolute atomic E-state index is 0.144. The lowest BCUT2D eigenvalue weighted by Crippen LogP contribution is -2.35. The second kappa shape index (κ2) is 4.51. The minimum atomic E-state index is -3.07. The second-order valence-electron chi connectivity index (χ2n) is 5.69. The maximum atomic E-state index is 14.4. The number of fused-ring (bicyclic) bond motifs is 1. The van der Waals surface area contributed by atoms with Gasteiger partial charge in [-0.15, -0.1) is 0 Å². The van der Waals surface area contributed by atoms with Crippen molar-refractivity contribution in [2.75, 3.05) is 6.61 Å². The summed E-state index contributed by atoms with van der Waals surface area (Å²) >= 11 is 0. The summed E-state index contributed by atoms with van der Waals surface area (Å²) in [6, 6.07) is 4.24. The van der Waals surface area contributed by atoms with Gasteiger partial charge in [-0.1, -0.05) is 12.1 Å². The fourth-order valence-electron chi connectivity index (χ4n) is 3.35. The largest absolute Gasteiger partial charge is 0.378 e. The van der Waals surface area contributed by atoms with Crippen molar-refractivity contribution in [2.45, 2.75) is 38.2 Å². The molecule has 1 aromatic rings. The molecule has 4 heteroatoms. The minimum Gasteiger partial charge on any atom is -0.378 e. The lowest BCUT2D eigenvalue weighted by molar-refractivity contribution is -0.112. The Kier molecular flexibility index (Phi) is 3.08. The Bertz CT molecular complexity index is 478. The Hall–Kier alpha value is -1.03. The zero-order chi connectivity index (χ0) is 13.6. The van der Waals surface area contributed by atoms with E-state index < -0.39 is 23.2 Å². The number of benzene rings is 1. The fraction of sp³-hybridized carbons (Fsp3) is 0.600. The van der Waals surface area contributed by atoms with Crippen molar-refractivity contribution >= 4 is 0 Å². The van der Waals surface area contributed by atoms with E-state index in [1.165, 1.54) is 6.07 Å². The van der Waals surface area contributed by atoms with Crippen LogP contribution < -0.4 is 0 Å². The van der Waals surface area contributed by atoms with Crippen molar-refractivity contribution in [1.82, 2.24) is 0 Å². The maximum Gasteiger partial charge on any atom is 0.279 e. The highest BCUT2D eigenvalue weighted by atomic mass is 19.3. The molecule has 0 bridgehead atoms. The Labute approximate surface area is 110 Å². The molecular formula is C15H17F3O. The highest BCUT2D eigenvalue weighted by Gasteiger charge is 2.53. The first-order chi connectivity index (χ1) is 9.00. The van der Waals surface area contributed by atoms with Crippen molar-refractivity contribution in [3.05, 3.63) is 35.1 Å². The van der Waals surface area contributed by atoms with Gasteiger partial charge < -0.3 is 4.74 Å². The quantitative estimate of drug-likeness (QED) is 0.752. The maximum absolute atomic E-state index is 14.4. The summed E-state index contributed by atoms with van der Waals surface area (Å²) in [7, 11) is 0. The van der Waals surface area contributed by atoms with E-state index >= 15 is 0 Å². The van der Waals surface area contributed by atoms with Crippen LogP contribution in [0.15, 0.2) is 18.2 Å². The van der Waals surface area contributed by atoms with Gasteiger partial charge in [-0.05, 0) is 43.7 Å². The van der Waals surface area contributed by atoms with Crippen molar-refractivity contribution < 1.29 is 17.9 Å². The molecule has 0 amide bonds. The van der Waals surface area contributed by atoms with Crippen LogP contribution in [0.25, 0.3) is 0 Å². The van der Waals surface area contributed by atoms with Gasteiger partial charge in [-0.2, -0.15) is 0 Å². The molecule has 1 fully saturated rings. The standard InChI is InChI=1S/C15H17F3O/c1-9-5-6-11(8-19-9)12-7-10-3-2-4-13(16)14(10)15(12,17)18/h2-4,9,11-12H,5-8H2,1H3. The summed E-state index contributed by atoms with van der Waals surface area (Å²) in [6.45, 7) is 2.31. The van der Waals surface area contributed by atoms with Gasteiger partial charge in [0.1, 0.15) is 5.82 Å². The van der Waals surface area contributed by atoms with E-state index in [1.807, 2.05) is 6.92 Å². The topological polar surface area (TPSA) is 9.23 Å². The van der Waals surface area contributed by atoms with Gasteiger partial charge in [0, 0.05) is 5.92 Å². The number of hydrogen-bond donors (Lipinski definition) is 0. The molecule has 3 unspecified atom stereocenters. The molecular weight excluding hydrogens is 253 g/mol. The Morgan fingerprint density at radius 1 is 1.26 bits per heavy atom. The summed E-state index contributed by atoms with van der Waals surface area (Å²) in [5.74, 6) is -4.87. The van der Waals surface area contributed by atoms with Gasteiger partial charge in [0.2, 0.25) is 0 Å². The van der Waals surface area contributed by atoms with Crippen LogP contribution in [0, 0.1) is 17.7 Å². The van der Waals surface area contributed by atoms with E-state index in [9.17, 15) is 13.2 Å². The molecule has 0 aromatic heterocycles. The smallest absolute Gasteiger partial charge is 0.279 e. The summed E-state index contributed by atoms with van der Waals surface area (Å²) in [5, 5.41) is 0. The van der Waals surface area contributed by atoms with Gasteiger partial charge in [-0.25, -0.2) is 13.2 Å². The van der Waals surface area contributed by atoms with Crippen LogP contribution in [0.4, 0.5) is 13.2 Å². The molecule has 0 radical (unpaired) electrons. The lowest BCUT2D eigenvalue weighted by Gasteiger charge is -2.33. The van der Waals surface area contributed by atoms with E-state index in [0.717, 1.165) is 18.9 Å². The summed E-state index contributed by atoms with van der Waals surface area (Å²) in [6.07, 6.45) is 1.93. The van der Waals surface area contributed by atoms with E-state index in [4.69, 9.17) is 4.74 Å². The predicted octanol–water partition coefficient (Wildman–Crippen LogP) is 3.90. The average molecular weight is 270 g/mol. The lowest BCUT2D eigenvalue weighted by atomic mass is 9.82. The fourth-order valence-corrected chi connectivity index (χ4v) is 3.35. The van der Waals surface area contributed by atoms with Crippen LogP contribution in [-0.4, -0.2) is 12.7 Å².